The van der Waals surface area contributed by atoms with Crippen molar-refractivity contribution in [2.45, 2.75) is 39.1 Å². The Morgan fingerprint density at radius 1 is 0.642 bits per heavy atom. The molecular formula is C35H39F5N4O6S3. The first kappa shape index (κ1) is 41.6. The molecule has 1 N–H and O–H groups in total. The van der Waals surface area contributed by atoms with E-state index in [4.69, 9.17) is 0 Å². The molecule has 0 spiro atoms. The van der Waals surface area contributed by atoms with Gasteiger partial charge in [0, 0.05) is 43.1 Å². The Morgan fingerprint density at radius 3 is 1.53 bits per heavy atom. The number of allylic oxidation sites excluding steroid dienone is 3. The van der Waals surface area contributed by atoms with E-state index >= 15 is 0 Å². The molecule has 3 aromatic carbocycles. The van der Waals surface area contributed by atoms with Crippen molar-refractivity contribution in [1.82, 2.24) is 4.13 Å². The van der Waals surface area contributed by atoms with E-state index in [1.807, 2.05) is 48.5 Å². The first-order chi connectivity index (χ1) is 24.7. The number of anilines is 2. The summed E-state index contributed by atoms with van der Waals surface area (Å²) in [7, 11) is -17.6. The van der Waals surface area contributed by atoms with Crippen LogP contribution in [0.25, 0.3) is 11.1 Å². The molecule has 3 aromatic rings. The predicted octanol–water partition coefficient (Wildman–Crippen LogP) is 6.43. The Kier molecular flexibility index (Phi) is 12.6. The van der Waals surface area contributed by atoms with Gasteiger partial charge in [-0.1, -0.05) is 54.6 Å². The SMILES string of the molecule is CCN(CC)c1ccc(C(=C2C=CC(=NS(=O)(=O)CC(F)(F)CS(=O)(=O)NS(=O)(=O)C(F)(F)F)c3ccccc32)c2ccc(N(CC)CC)cc2)cc1. The second kappa shape index (κ2) is 16.1. The van der Waals surface area contributed by atoms with Gasteiger partial charge in [-0.3, -0.25) is 0 Å². The van der Waals surface area contributed by atoms with Gasteiger partial charge in [-0.15, -0.1) is 4.13 Å². The van der Waals surface area contributed by atoms with Crippen molar-refractivity contribution < 1.29 is 47.2 Å². The number of nitrogens with zero attached hydrogens (tertiary/aromatic N) is 3. The fraction of sp³-hybridized carbons (Fsp3) is 0.343. The van der Waals surface area contributed by atoms with Gasteiger partial charge in [-0.2, -0.15) is 17.6 Å². The van der Waals surface area contributed by atoms with Crippen LogP contribution in [-0.4, -0.2) is 80.1 Å². The van der Waals surface area contributed by atoms with Gasteiger partial charge in [-0.25, -0.2) is 34.0 Å². The minimum atomic E-state index is -6.56. The van der Waals surface area contributed by atoms with Crippen molar-refractivity contribution >= 4 is 58.3 Å². The summed E-state index contributed by atoms with van der Waals surface area (Å²) >= 11 is 0. The van der Waals surface area contributed by atoms with Crippen LogP contribution in [0.3, 0.4) is 0 Å². The van der Waals surface area contributed by atoms with Crippen molar-refractivity contribution in [2.75, 3.05) is 47.5 Å². The van der Waals surface area contributed by atoms with E-state index in [2.05, 4.69) is 41.9 Å². The van der Waals surface area contributed by atoms with Gasteiger partial charge in [0.1, 0.15) is 11.5 Å². The second-order valence-corrected chi connectivity index (χ2v) is 17.2. The quantitative estimate of drug-likeness (QED) is 0.174. The molecule has 1 aliphatic carbocycles. The number of sulfonamides is 3. The van der Waals surface area contributed by atoms with Crippen molar-refractivity contribution in [3.8, 4) is 0 Å². The van der Waals surface area contributed by atoms with E-state index in [0.717, 1.165) is 54.3 Å². The van der Waals surface area contributed by atoms with Crippen molar-refractivity contribution in [1.29, 1.82) is 0 Å². The molecule has 0 heterocycles. The summed E-state index contributed by atoms with van der Waals surface area (Å²) in [6, 6.07) is 22.4. The lowest BCUT2D eigenvalue weighted by Crippen LogP contribution is -2.45. The number of nitrogens with one attached hydrogen (secondary N) is 1. The van der Waals surface area contributed by atoms with Crippen LogP contribution < -0.4 is 13.9 Å². The topological polar surface area (TPSA) is 133 Å². The van der Waals surface area contributed by atoms with Gasteiger partial charge in [-0.05, 0) is 85.9 Å². The Labute approximate surface area is 306 Å². The minimum absolute atomic E-state index is 0.168. The van der Waals surface area contributed by atoms with Gasteiger partial charge in [0.05, 0.1) is 5.71 Å². The first-order valence-corrected chi connectivity index (χ1v) is 21.2. The average molecular weight is 803 g/mol. The lowest BCUT2D eigenvalue weighted by Gasteiger charge is -2.24. The lowest BCUT2D eigenvalue weighted by molar-refractivity contribution is -0.0442. The number of rotatable bonds is 15. The van der Waals surface area contributed by atoms with Gasteiger partial charge >= 0.3 is 15.5 Å². The Bertz CT molecular complexity index is 2160. The third kappa shape index (κ3) is 10.1. The maximum atomic E-state index is 14.8. The second-order valence-electron chi connectivity index (χ2n) is 12.0. The Morgan fingerprint density at radius 2 is 1.09 bits per heavy atom. The van der Waals surface area contributed by atoms with E-state index in [1.165, 1.54) is 12.1 Å². The summed E-state index contributed by atoms with van der Waals surface area (Å²) in [6.45, 7) is 11.4. The molecule has 4 rings (SSSR count). The van der Waals surface area contributed by atoms with Crippen LogP contribution >= 0.6 is 0 Å². The molecule has 0 atom stereocenters. The van der Waals surface area contributed by atoms with Crippen LogP contribution in [0, 0.1) is 0 Å². The Balaban J connectivity index is 1.79. The summed E-state index contributed by atoms with van der Waals surface area (Å²) in [5.74, 6) is -9.54. The number of hydrogen-bond donors (Lipinski definition) is 1. The maximum absolute atomic E-state index is 14.8. The van der Waals surface area contributed by atoms with E-state index in [0.29, 0.717) is 11.1 Å². The van der Waals surface area contributed by atoms with Crippen LogP contribution in [0.1, 0.15) is 49.9 Å². The van der Waals surface area contributed by atoms with Crippen LogP contribution in [0.2, 0.25) is 0 Å². The van der Waals surface area contributed by atoms with Gasteiger partial charge < -0.3 is 9.80 Å². The molecule has 1 aliphatic rings. The molecular weight excluding hydrogens is 764 g/mol. The highest BCUT2D eigenvalue weighted by Crippen LogP contribution is 2.38. The minimum Gasteiger partial charge on any atom is -0.372 e. The highest BCUT2D eigenvalue weighted by Gasteiger charge is 2.50. The summed E-state index contributed by atoms with van der Waals surface area (Å²) in [6.07, 6.45) is 2.91. The molecule has 0 amide bonds. The normalized spacial score (nSPS) is 14.7. The largest absolute Gasteiger partial charge is 0.512 e. The summed E-state index contributed by atoms with van der Waals surface area (Å²) in [4.78, 5) is 4.38. The molecule has 0 saturated carbocycles. The fourth-order valence-corrected chi connectivity index (χ4v) is 9.82. The van der Waals surface area contributed by atoms with Crippen molar-refractivity contribution in [2.24, 2.45) is 4.40 Å². The number of halogens is 5. The molecule has 0 saturated heterocycles. The molecule has 53 heavy (non-hydrogen) atoms. The van der Waals surface area contributed by atoms with Crippen LogP contribution in [0.5, 0.6) is 0 Å². The van der Waals surface area contributed by atoms with E-state index < -0.39 is 53.0 Å². The Hall–Kier alpha value is -4.13. The molecule has 0 fully saturated rings. The lowest BCUT2D eigenvalue weighted by atomic mass is 9.83. The maximum Gasteiger partial charge on any atom is 0.512 e. The number of hydrogen-bond acceptors (Lipinski definition) is 8. The third-order valence-electron chi connectivity index (χ3n) is 8.31. The molecule has 0 bridgehead atoms. The third-order valence-corrected chi connectivity index (χ3v) is 12.9. The molecule has 18 heteroatoms. The van der Waals surface area contributed by atoms with Gasteiger partial charge in [0.2, 0.25) is 10.0 Å². The number of fused-ring (bicyclic) bond motifs is 1. The zero-order valence-corrected chi connectivity index (χ0v) is 31.7. The van der Waals surface area contributed by atoms with Gasteiger partial charge in [0.25, 0.3) is 15.9 Å². The first-order valence-electron chi connectivity index (χ1n) is 16.4. The zero-order chi connectivity index (χ0) is 39.4. The molecule has 288 valence electrons. The molecule has 0 aliphatic heterocycles. The van der Waals surface area contributed by atoms with Crippen LogP contribution in [0.15, 0.2) is 89.3 Å². The highest BCUT2D eigenvalue weighted by molar-refractivity contribution is 8.05. The van der Waals surface area contributed by atoms with E-state index in [1.54, 1.807) is 24.3 Å². The summed E-state index contributed by atoms with van der Waals surface area (Å²) in [5, 5.41) is 0. The van der Waals surface area contributed by atoms with Crippen molar-refractivity contribution in [3.63, 3.8) is 0 Å². The molecule has 0 unspecified atom stereocenters. The molecule has 0 aromatic heterocycles. The predicted molar refractivity (Wildman–Crippen MR) is 199 cm³/mol. The van der Waals surface area contributed by atoms with Crippen LogP contribution in [-0.2, 0) is 30.1 Å². The standard InChI is InChI=1S/C35H39F5N4O6S3/c1-5-43(6-2)27-17-13-25(14-18-27)33(26-15-19-28(20-16-26)44(7-3)8-4)31-21-22-32(30-12-10-9-11-29(30)31)41-51(45,46)23-34(36,37)24-52(47,48)42-53(49,50)35(38,39)40/h9-22,42H,5-8,23-24H2,1-4H3. The van der Waals surface area contributed by atoms with Crippen LogP contribution in [0.4, 0.5) is 33.3 Å². The monoisotopic (exact) mass is 802 g/mol. The smallest absolute Gasteiger partial charge is 0.372 e. The highest BCUT2D eigenvalue weighted by atomic mass is 32.3. The fourth-order valence-electron chi connectivity index (χ4n) is 5.93. The van der Waals surface area contributed by atoms with E-state index in [9.17, 15) is 47.2 Å². The summed E-state index contributed by atoms with van der Waals surface area (Å²) in [5.41, 5.74) is -0.471. The molecule has 0 radical (unpaired) electrons. The molecule has 10 nitrogen and oxygen atoms in total. The van der Waals surface area contributed by atoms with Gasteiger partial charge in [0.15, 0.2) is 0 Å². The van der Waals surface area contributed by atoms with E-state index in [-0.39, 0.29) is 15.4 Å². The number of alkyl halides is 5. The zero-order valence-electron chi connectivity index (χ0n) is 29.2. The average Bonchev–Trinajstić information content (AvgIpc) is 3.06. The number of benzene rings is 3. The van der Waals surface area contributed by atoms with Crippen molar-refractivity contribution in [3.05, 3.63) is 107 Å². The summed E-state index contributed by atoms with van der Waals surface area (Å²) < 4.78 is 143.